The molecule has 0 atom stereocenters. The number of fused-ring (bicyclic) bond motifs is 1. The van der Waals surface area contributed by atoms with E-state index in [2.05, 4.69) is 16.3 Å². The number of hydrogen-bond acceptors (Lipinski definition) is 5. The predicted octanol–water partition coefficient (Wildman–Crippen LogP) is 3.50. The monoisotopic (exact) mass is 368 g/mol. The third-order valence-electron chi connectivity index (χ3n) is 3.91. The number of para-hydroxylation sites is 2. The highest BCUT2D eigenvalue weighted by Gasteiger charge is 2.23. The SMILES string of the molecule is O=C(CSc1nncn1-c1ccccc1)N1CCSc2ccccc21. The lowest BCUT2D eigenvalue weighted by Gasteiger charge is -2.28. The van der Waals surface area contributed by atoms with E-state index in [0.29, 0.717) is 5.75 Å². The van der Waals surface area contributed by atoms with Gasteiger partial charge in [-0.1, -0.05) is 42.1 Å². The molecule has 0 spiro atoms. The molecule has 2 aromatic carbocycles. The van der Waals surface area contributed by atoms with E-state index in [1.165, 1.54) is 16.7 Å². The van der Waals surface area contributed by atoms with Crippen molar-refractivity contribution in [2.45, 2.75) is 10.1 Å². The maximum atomic E-state index is 12.7. The van der Waals surface area contributed by atoms with Gasteiger partial charge < -0.3 is 4.90 Å². The van der Waals surface area contributed by atoms with Crippen molar-refractivity contribution >= 4 is 35.1 Å². The number of rotatable bonds is 4. The van der Waals surface area contributed by atoms with Crippen molar-refractivity contribution in [3.63, 3.8) is 0 Å². The Bertz CT molecular complexity index is 882. The van der Waals surface area contributed by atoms with Gasteiger partial charge in [-0.05, 0) is 24.3 Å². The molecule has 25 heavy (non-hydrogen) atoms. The Morgan fingerprint density at radius 3 is 2.80 bits per heavy atom. The third-order valence-corrected chi connectivity index (χ3v) is 5.88. The average molecular weight is 368 g/mol. The Hall–Kier alpha value is -2.25. The fourth-order valence-electron chi connectivity index (χ4n) is 2.72. The van der Waals surface area contributed by atoms with E-state index in [1.807, 2.05) is 58.0 Å². The molecule has 0 unspecified atom stereocenters. The molecule has 0 radical (unpaired) electrons. The van der Waals surface area contributed by atoms with Gasteiger partial charge >= 0.3 is 0 Å². The predicted molar refractivity (Wildman–Crippen MR) is 102 cm³/mol. The number of amides is 1. The number of hydrogen-bond donors (Lipinski definition) is 0. The molecule has 3 aromatic rings. The lowest BCUT2D eigenvalue weighted by Crippen LogP contribution is -2.36. The second-order valence-corrected chi connectivity index (χ2v) is 7.55. The van der Waals surface area contributed by atoms with Crippen LogP contribution < -0.4 is 4.90 Å². The summed E-state index contributed by atoms with van der Waals surface area (Å²) < 4.78 is 1.90. The highest BCUT2D eigenvalue weighted by Crippen LogP contribution is 2.34. The Balaban J connectivity index is 1.48. The molecule has 0 fully saturated rings. The molecule has 0 saturated carbocycles. The molecule has 0 N–H and O–H groups in total. The normalized spacial score (nSPS) is 13.5. The summed E-state index contributed by atoms with van der Waals surface area (Å²) in [5, 5.41) is 8.87. The van der Waals surface area contributed by atoms with Crippen molar-refractivity contribution in [3.05, 3.63) is 60.9 Å². The summed E-state index contributed by atoms with van der Waals surface area (Å²) in [5.74, 6) is 1.36. The van der Waals surface area contributed by atoms with E-state index in [1.54, 1.807) is 18.1 Å². The molecule has 5 nitrogen and oxygen atoms in total. The van der Waals surface area contributed by atoms with Gasteiger partial charge in [0.05, 0.1) is 11.4 Å². The number of benzene rings is 2. The van der Waals surface area contributed by atoms with Crippen LogP contribution in [0.15, 0.2) is 71.0 Å². The van der Waals surface area contributed by atoms with Gasteiger partial charge in [-0.2, -0.15) is 0 Å². The third kappa shape index (κ3) is 3.43. The van der Waals surface area contributed by atoms with Crippen LogP contribution in [0.4, 0.5) is 5.69 Å². The summed E-state index contributed by atoms with van der Waals surface area (Å²) in [5.41, 5.74) is 2.00. The van der Waals surface area contributed by atoms with Crippen LogP contribution in [0.25, 0.3) is 5.69 Å². The van der Waals surface area contributed by atoms with Crippen LogP contribution in [0.2, 0.25) is 0 Å². The van der Waals surface area contributed by atoms with E-state index in [9.17, 15) is 4.79 Å². The van der Waals surface area contributed by atoms with Gasteiger partial charge in [0.25, 0.3) is 0 Å². The highest BCUT2D eigenvalue weighted by atomic mass is 32.2. The van der Waals surface area contributed by atoms with Crippen molar-refractivity contribution in [1.29, 1.82) is 0 Å². The molecule has 0 aliphatic carbocycles. The van der Waals surface area contributed by atoms with Crippen molar-refractivity contribution in [2.24, 2.45) is 0 Å². The first-order valence-electron chi connectivity index (χ1n) is 7.93. The second kappa shape index (κ2) is 7.33. The van der Waals surface area contributed by atoms with E-state index in [4.69, 9.17) is 0 Å². The van der Waals surface area contributed by atoms with Crippen molar-refractivity contribution < 1.29 is 4.79 Å². The lowest BCUT2D eigenvalue weighted by atomic mass is 10.3. The number of carbonyl (C=O) groups excluding carboxylic acids is 1. The molecule has 4 rings (SSSR count). The first kappa shape index (κ1) is 16.2. The van der Waals surface area contributed by atoms with Gasteiger partial charge in [-0.15, -0.1) is 22.0 Å². The molecule has 1 aliphatic rings. The van der Waals surface area contributed by atoms with Gasteiger partial charge in [-0.3, -0.25) is 9.36 Å². The fourth-order valence-corrected chi connectivity index (χ4v) is 4.52. The van der Waals surface area contributed by atoms with Gasteiger partial charge in [0.1, 0.15) is 6.33 Å². The Morgan fingerprint density at radius 1 is 1.12 bits per heavy atom. The van der Waals surface area contributed by atoms with Crippen LogP contribution in [-0.4, -0.2) is 38.7 Å². The smallest absolute Gasteiger partial charge is 0.237 e. The maximum absolute atomic E-state index is 12.7. The number of thioether (sulfide) groups is 2. The standard InChI is InChI=1S/C18H16N4OS2/c23-17(21-10-11-24-16-9-5-4-8-15(16)21)12-25-18-20-19-13-22(18)14-6-2-1-3-7-14/h1-9,13H,10-12H2. The van der Waals surface area contributed by atoms with E-state index >= 15 is 0 Å². The van der Waals surface area contributed by atoms with Crippen molar-refractivity contribution in [1.82, 2.24) is 14.8 Å². The van der Waals surface area contributed by atoms with Gasteiger partial charge in [0, 0.05) is 22.9 Å². The molecule has 1 amide bonds. The number of carbonyl (C=O) groups is 1. The van der Waals surface area contributed by atoms with Crippen LogP contribution >= 0.6 is 23.5 Å². The van der Waals surface area contributed by atoms with Gasteiger partial charge in [0.15, 0.2) is 5.16 Å². The van der Waals surface area contributed by atoms with Crippen molar-refractivity contribution in [2.75, 3.05) is 23.0 Å². The molecular formula is C18H16N4OS2. The minimum Gasteiger partial charge on any atom is -0.310 e. The Labute approximate surface area is 154 Å². The Morgan fingerprint density at radius 2 is 1.92 bits per heavy atom. The zero-order valence-corrected chi connectivity index (χ0v) is 15.0. The summed E-state index contributed by atoms with van der Waals surface area (Å²) in [4.78, 5) is 15.8. The summed E-state index contributed by atoms with van der Waals surface area (Å²) in [6.07, 6.45) is 1.68. The summed E-state index contributed by atoms with van der Waals surface area (Å²) in [6.45, 7) is 0.743. The molecule has 0 bridgehead atoms. The summed E-state index contributed by atoms with van der Waals surface area (Å²) >= 11 is 3.21. The maximum Gasteiger partial charge on any atom is 0.237 e. The van der Waals surface area contributed by atoms with Crippen LogP contribution in [0.1, 0.15) is 0 Å². The minimum atomic E-state index is 0.0976. The first-order chi connectivity index (χ1) is 12.3. The number of nitrogens with zero attached hydrogens (tertiary/aromatic N) is 4. The van der Waals surface area contributed by atoms with E-state index in [0.717, 1.165) is 28.8 Å². The zero-order chi connectivity index (χ0) is 17.1. The quantitative estimate of drug-likeness (QED) is 0.660. The fraction of sp³-hybridized carbons (Fsp3) is 0.167. The molecule has 1 aliphatic heterocycles. The van der Waals surface area contributed by atoms with Crippen LogP contribution in [0.3, 0.4) is 0 Å². The molecule has 126 valence electrons. The average Bonchev–Trinajstić information content (AvgIpc) is 3.15. The van der Waals surface area contributed by atoms with Crippen LogP contribution in [0, 0.1) is 0 Å². The largest absolute Gasteiger partial charge is 0.310 e. The zero-order valence-electron chi connectivity index (χ0n) is 13.4. The van der Waals surface area contributed by atoms with Gasteiger partial charge in [0.2, 0.25) is 5.91 Å². The molecular weight excluding hydrogens is 352 g/mol. The van der Waals surface area contributed by atoms with Crippen molar-refractivity contribution in [3.8, 4) is 5.69 Å². The topological polar surface area (TPSA) is 51.0 Å². The molecule has 1 aromatic heterocycles. The Kier molecular flexibility index (Phi) is 4.76. The lowest BCUT2D eigenvalue weighted by molar-refractivity contribution is -0.116. The first-order valence-corrected chi connectivity index (χ1v) is 9.90. The molecule has 0 saturated heterocycles. The molecule has 2 heterocycles. The van der Waals surface area contributed by atoms with Crippen LogP contribution in [0.5, 0.6) is 0 Å². The highest BCUT2D eigenvalue weighted by molar-refractivity contribution is 8.00. The summed E-state index contributed by atoms with van der Waals surface area (Å²) in [6, 6.07) is 18.0. The van der Waals surface area contributed by atoms with E-state index < -0.39 is 0 Å². The molecule has 7 heteroatoms. The van der Waals surface area contributed by atoms with E-state index in [-0.39, 0.29) is 5.91 Å². The van der Waals surface area contributed by atoms with Crippen LogP contribution in [-0.2, 0) is 4.79 Å². The second-order valence-electron chi connectivity index (χ2n) is 5.47. The number of aromatic nitrogens is 3. The minimum absolute atomic E-state index is 0.0976. The van der Waals surface area contributed by atoms with Gasteiger partial charge in [-0.25, -0.2) is 0 Å². The number of anilines is 1. The summed E-state index contributed by atoms with van der Waals surface area (Å²) in [7, 11) is 0.